The van der Waals surface area contributed by atoms with Crippen LogP contribution in [-0.2, 0) is 16.1 Å². The highest BCUT2D eigenvalue weighted by Crippen LogP contribution is 2.17. The van der Waals surface area contributed by atoms with Crippen LogP contribution in [0.3, 0.4) is 0 Å². The minimum atomic E-state index is -0.898. The zero-order valence-electron chi connectivity index (χ0n) is 18.9. The summed E-state index contributed by atoms with van der Waals surface area (Å²) in [5.74, 6) is -1.48. The number of anilines is 1. The molecule has 4 rings (SSSR count). The van der Waals surface area contributed by atoms with Gasteiger partial charge in [0.1, 0.15) is 18.3 Å². The molecule has 2 aromatic carbocycles. The second-order valence-electron chi connectivity index (χ2n) is 8.03. The monoisotopic (exact) mass is 461 g/mol. The van der Waals surface area contributed by atoms with Gasteiger partial charge in [0.25, 0.3) is 11.8 Å². The predicted molar refractivity (Wildman–Crippen MR) is 126 cm³/mol. The normalized spacial score (nSPS) is 14.4. The highest BCUT2D eigenvalue weighted by atomic mass is 16.5. The van der Waals surface area contributed by atoms with Crippen molar-refractivity contribution in [2.75, 3.05) is 31.1 Å². The molecule has 34 heavy (non-hydrogen) atoms. The predicted octanol–water partition coefficient (Wildman–Crippen LogP) is 2.23. The molecule has 0 bridgehead atoms. The fraction of sp³-hybridized carbons (Fsp3) is 0.280. The lowest BCUT2D eigenvalue weighted by Crippen LogP contribution is -2.49. The molecule has 9 nitrogen and oxygen atoms in total. The number of carbonyl (C=O) groups is 3. The third-order valence-corrected chi connectivity index (χ3v) is 5.68. The number of imidazole rings is 1. The molecular formula is C25H27N5O4. The molecule has 0 radical (unpaired) electrons. The number of aromatic nitrogens is 2. The molecule has 2 amide bonds. The second-order valence-corrected chi connectivity index (χ2v) is 8.03. The number of hydrogen-bond donors (Lipinski definition) is 2. The van der Waals surface area contributed by atoms with E-state index < -0.39 is 17.9 Å². The van der Waals surface area contributed by atoms with E-state index in [-0.39, 0.29) is 23.9 Å². The van der Waals surface area contributed by atoms with E-state index in [1.165, 1.54) is 13.3 Å². The molecular weight excluding hydrogens is 434 g/mol. The van der Waals surface area contributed by atoms with Crippen LogP contribution in [0, 0.1) is 0 Å². The maximum Gasteiger partial charge on any atom is 0.328 e. The Balaban J connectivity index is 1.32. The average Bonchev–Trinajstić information content (AvgIpc) is 3.38. The van der Waals surface area contributed by atoms with Gasteiger partial charge in [-0.1, -0.05) is 48.5 Å². The molecule has 1 unspecified atom stereocenters. The summed E-state index contributed by atoms with van der Waals surface area (Å²) < 4.78 is 5.27. The number of amides is 2. The van der Waals surface area contributed by atoms with Gasteiger partial charge in [0.2, 0.25) is 0 Å². The third-order valence-electron chi connectivity index (χ3n) is 5.68. The lowest BCUT2D eigenvalue weighted by Gasteiger charge is -2.36. The Hall–Kier alpha value is -4.14. The number of hydrogen-bond acceptors (Lipinski definition) is 6. The van der Waals surface area contributed by atoms with Gasteiger partial charge in [-0.25, -0.2) is 9.78 Å². The topological polar surface area (TPSA) is 108 Å². The molecule has 1 fully saturated rings. The summed E-state index contributed by atoms with van der Waals surface area (Å²) in [5.41, 5.74) is 2.03. The molecule has 3 aromatic rings. The third kappa shape index (κ3) is 5.43. The minimum absolute atomic E-state index is 0.0433. The van der Waals surface area contributed by atoms with Crippen molar-refractivity contribution in [3.05, 3.63) is 83.9 Å². The molecule has 0 saturated carbocycles. The van der Waals surface area contributed by atoms with Crippen molar-refractivity contribution in [2.24, 2.45) is 0 Å². The number of piperazine rings is 1. The molecule has 2 N–H and O–H groups in total. The maximum absolute atomic E-state index is 13.1. The maximum atomic E-state index is 13.1. The van der Waals surface area contributed by atoms with E-state index >= 15 is 0 Å². The van der Waals surface area contributed by atoms with Gasteiger partial charge in [-0.2, -0.15) is 0 Å². The number of rotatable bonds is 7. The average molecular weight is 462 g/mol. The van der Waals surface area contributed by atoms with Gasteiger partial charge in [-0.05, 0) is 24.6 Å². The van der Waals surface area contributed by atoms with Gasteiger partial charge in [0, 0.05) is 31.9 Å². The fourth-order valence-corrected chi connectivity index (χ4v) is 3.77. The highest BCUT2D eigenvalue weighted by molar-refractivity contribution is 6.05. The number of ether oxygens (including phenoxy) is 1. The van der Waals surface area contributed by atoms with Gasteiger partial charge >= 0.3 is 5.97 Å². The number of aromatic amines is 1. The molecule has 1 aliphatic rings. The summed E-state index contributed by atoms with van der Waals surface area (Å²) in [7, 11) is 0. The molecule has 1 aromatic heterocycles. The van der Waals surface area contributed by atoms with Gasteiger partial charge in [-0.3, -0.25) is 9.59 Å². The van der Waals surface area contributed by atoms with Crippen molar-refractivity contribution in [3.63, 3.8) is 0 Å². The van der Waals surface area contributed by atoms with Crippen molar-refractivity contribution in [1.82, 2.24) is 20.2 Å². The Morgan fingerprint density at radius 1 is 1.00 bits per heavy atom. The van der Waals surface area contributed by atoms with Crippen molar-refractivity contribution in [2.45, 2.75) is 19.6 Å². The van der Waals surface area contributed by atoms with Gasteiger partial charge in [-0.15, -0.1) is 0 Å². The standard InChI is InChI=1S/C25H27N5O4/c1-18(25(33)34-16-19-8-4-2-5-9-19)28-23(31)21-22(27-17-26-21)24(32)30-14-12-29(13-15-30)20-10-6-3-7-11-20/h2-11,17-18H,12-16H2,1H3,(H,26,27)(H,28,31). The van der Waals surface area contributed by atoms with E-state index in [9.17, 15) is 14.4 Å². The first-order valence-corrected chi connectivity index (χ1v) is 11.2. The molecule has 9 heteroatoms. The number of nitrogens with zero attached hydrogens (tertiary/aromatic N) is 3. The number of H-pyrrole nitrogens is 1. The van der Waals surface area contributed by atoms with Crippen LogP contribution >= 0.6 is 0 Å². The SMILES string of the molecule is CC(NC(=O)c1nc[nH]c1C(=O)N1CCN(c2ccccc2)CC1)C(=O)OCc1ccccc1. The van der Waals surface area contributed by atoms with Crippen molar-refractivity contribution >= 4 is 23.5 Å². The van der Waals surface area contributed by atoms with Crippen molar-refractivity contribution < 1.29 is 19.1 Å². The van der Waals surface area contributed by atoms with Gasteiger partial charge in [0.05, 0.1) is 6.33 Å². The summed E-state index contributed by atoms with van der Waals surface area (Å²) in [6, 6.07) is 18.4. The zero-order valence-corrected chi connectivity index (χ0v) is 18.9. The van der Waals surface area contributed by atoms with E-state index in [2.05, 4.69) is 20.2 Å². The summed E-state index contributed by atoms with van der Waals surface area (Å²) in [6.45, 7) is 4.07. The Kier molecular flexibility index (Phi) is 7.22. The first-order chi connectivity index (χ1) is 16.5. The molecule has 2 heterocycles. The van der Waals surface area contributed by atoms with E-state index in [1.54, 1.807) is 4.90 Å². The van der Waals surface area contributed by atoms with Crippen molar-refractivity contribution in [1.29, 1.82) is 0 Å². The van der Waals surface area contributed by atoms with Crippen LogP contribution < -0.4 is 10.2 Å². The number of esters is 1. The fourth-order valence-electron chi connectivity index (χ4n) is 3.77. The van der Waals surface area contributed by atoms with Crippen LogP contribution in [0.25, 0.3) is 0 Å². The van der Waals surface area contributed by atoms with Crippen LogP contribution in [-0.4, -0.2) is 64.9 Å². The number of nitrogens with one attached hydrogen (secondary N) is 2. The molecule has 0 spiro atoms. The Morgan fingerprint density at radius 2 is 1.65 bits per heavy atom. The summed E-state index contributed by atoms with van der Waals surface area (Å²) in [4.78, 5) is 48.8. The quantitative estimate of drug-likeness (QED) is 0.523. The summed E-state index contributed by atoms with van der Waals surface area (Å²) in [5, 5.41) is 2.57. The number of benzene rings is 2. The van der Waals surface area contributed by atoms with Crippen molar-refractivity contribution in [3.8, 4) is 0 Å². The Bertz CT molecular complexity index is 1120. The molecule has 0 aliphatic carbocycles. The highest BCUT2D eigenvalue weighted by Gasteiger charge is 2.29. The van der Waals surface area contributed by atoms with Gasteiger partial charge < -0.3 is 24.8 Å². The Morgan fingerprint density at radius 3 is 2.32 bits per heavy atom. The largest absolute Gasteiger partial charge is 0.459 e. The number of carbonyl (C=O) groups excluding carboxylic acids is 3. The van der Waals surface area contributed by atoms with Crippen LogP contribution in [0.15, 0.2) is 67.0 Å². The first kappa shape index (κ1) is 23.0. The molecule has 176 valence electrons. The lowest BCUT2D eigenvalue weighted by molar-refractivity contribution is -0.146. The van der Waals surface area contributed by atoms with Crippen LogP contribution in [0.1, 0.15) is 33.5 Å². The smallest absolute Gasteiger partial charge is 0.328 e. The van der Waals surface area contributed by atoms with E-state index in [0.717, 1.165) is 11.3 Å². The van der Waals surface area contributed by atoms with Crippen LogP contribution in [0.5, 0.6) is 0 Å². The van der Waals surface area contributed by atoms with E-state index in [0.29, 0.717) is 26.2 Å². The van der Waals surface area contributed by atoms with Crippen LogP contribution in [0.4, 0.5) is 5.69 Å². The van der Waals surface area contributed by atoms with E-state index in [4.69, 9.17) is 4.74 Å². The zero-order chi connectivity index (χ0) is 23.9. The van der Waals surface area contributed by atoms with Gasteiger partial charge in [0.15, 0.2) is 5.69 Å². The number of para-hydroxylation sites is 1. The first-order valence-electron chi connectivity index (χ1n) is 11.2. The summed E-state index contributed by atoms with van der Waals surface area (Å²) in [6.07, 6.45) is 1.31. The minimum Gasteiger partial charge on any atom is -0.459 e. The molecule has 1 atom stereocenters. The van der Waals surface area contributed by atoms with E-state index in [1.807, 2.05) is 60.7 Å². The summed E-state index contributed by atoms with van der Waals surface area (Å²) >= 11 is 0. The second kappa shape index (κ2) is 10.7. The lowest BCUT2D eigenvalue weighted by atomic mass is 10.2. The molecule has 1 saturated heterocycles. The van der Waals surface area contributed by atoms with Crippen LogP contribution in [0.2, 0.25) is 0 Å². The molecule has 1 aliphatic heterocycles. The Labute approximate surface area is 197 Å².